The van der Waals surface area contributed by atoms with E-state index in [2.05, 4.69) is 10.3 Å². The first-order valence-electron chi connectivity index (χ1n) is 8.30. The van der Waals surface area contributed by atoms with Crippen molar-refractivity contribution in [2.45, 2.75) is 13.3 Å². The van der Waals surface area contributed by atoms with Gasteiger partial charge in [-0.25, -0.2) is 0 Å². The van der Waals surface area contributed by atoms with Crippen LogP contribution < -0.4 is 10.2 Å². The van der Waals surface area contributed by atoms with Crippen LogP contribution in [0.5, 0.6) is 0 Å². The van der Waals surface area contributed by atoms with Crippen LogP contribution in [0.3, 0.4) is 0 Å². The molecule has 0 aliphatic heterocycles. The molecule has 0 saturated heterocycles. The first kappa shape index (κ1) is 16.8. The second kappa shape index (κ2) is 7.66. The Bertz CT molecular complexity index is 871. The lowest BCUT2D eigenvalue weighted by atomic mass is 10.1. The lowest BCUT2D eigenvalue weighted by Crippen LogP contribution is -2.38. The monoisotopic (exact) mass is 335 g/mol. The molecule has 5 nitrogen and oxygen atoms in total. The standard InChI is InChI=1S/C20H21N3O2/c1-15(24)23(17-7-3-2-4-8-17)12-11-21-20(25)13-16-14-22-19-10-6-5-9-18(16)19/h2-10,14,22H,11-13H2,1H3,(H,21,25). The molecule has 25 heavy (non-hydrogen) atoms. The van der Waals surface area contributed by atoms with Crippen molar-refractivity contribution in [2.75, 3.05) is 18.0 Å². The molecule has 1 aromatic heterocycles. The molecule has 2 amide bonds. The Kier molecular flexibility index (Phi) is 5.14. The van der Waals surface area contributed by atoms with Gasteiger partial charge in [-0.05, 0) is 23.8 Å². The molecule has 3 aromatic rings. The summed E-state index contributed by atoms with van der Waals surface area (Å²) < 4.78 is 0. The van der Waals surface area contributed by atoms with Crippen molar-refractivity contribution in [3.05, 3.63) is 66.4 Å². The molecule has 3 rings (SSSR count). The molecule has 1 heterocycles. The molecule has 0 fully saturated rings. The van der Waals surface area contributed by atoms with E-state index < -0.39 is 0 Å². The smallest absolute Gasteiger partial charge is 0.224 e. The van der Waals surface area contributed by atoms with Crippen molar-refractivity contribution in [2.24, 2.45) is 0 Å². The van der Waals surface area contributed by atoms with Crippen LogP contribution in [0.4, 0.5) is 5.69 Å². The third-order valence-electron chi connectivity index (χ3n) is 4.13. The number of carbonyl (C=O) groups is 2. The molecule has 0 saturated carbocycles. The van der Waals surface area contributed by atoms with Crippen molar-refractivity contribution in [1.29, 1.82) is 0 Å². The van der Waals surface area contributed by atoms with Gasteiger partial charge in [-0.15, -0.1) is 0 Å². The number of H-pyrrole nitrogens is 1. The summed E-state index contributed by atoms with van der Waals surface area (Å²) in [5, 5.41) is 3.96. The summed E-state index contributed by atoms with van der Waals surface area (Å²) in [6.45, 7) is 2.38. The number of carbonyl (C=O) groups excluding carboxylic acids is 2. The van der Waals surface area contributed by atoms with E-state index in [1.54, 1.807) is 4.90 Å². The number of rotatable bonds is 6. The van der Waals surface area contributed by atoms with Gasteiger partial charge in [0.2, 0.25) is 11.8 Å². The number of hydrogen-bond donors (Lipinski definition) is 2. The van der Waals surface area contributed by atoms with Gasteiger partial charge in [-0.1, -0.05) is 36.4 Å². The topological polar surface area (TPSA) is 65.2 Å². The first-order valence-corrected chi connectivity index (χ1v) is 8.30. The fraction of sp³-hybridized carbons (Fsp3) is 0.200. The third-order valence-corrected chi connectivity index (χ3v) is 4.13. The van der Waals surface area contributed by atoms with Gasteiger partial charge < -0.3 is 15.2 Å². The van der Waals surface area contributed by atoms with E-state index in [0.717, 1.165) is 22.2 Å². The number of anilines is 1. The number of benzene rings is 2. The van der Waals surface area contributed by atoms with Gasteiger partial charge in [0, 0.05) is 42.8 Å². The van der Waals surface area contributed by atoms with Crippen LogP contribution in [0.15, 0.2) is 60.8 Å². The van der Waals surface area contributed by atoms with Gasteiger partial charge in [0.25, 0.3) is 0 Å². The number of aromatic nitrogens is 1. The first-order chi connectivity index (χ1) is 12.1. The molecule has 0 aliphatic rings. The lowest BCUT2D eigenvalue weighted by Gasteiger charge is -2.21. The van der Waals surface area contributed by atoms with Gasteiger partial charge in [0.15, 0.2) is 0 Å². The number of amides is 2. The van der Waals surface area contributed by atoms with Crippen LogP contribution >= 0.6 is 0 Å². The van der Waals surface area contributed by atoms with E-state index in [0.29, 0.717) is 19.5 Å². The highest BCUT2D eigenvalue weighted by molar-refractivity contribution is 5.92. The normalized spacial score (nSPS) is 10.6. The van der Waals surface area contributed by atoms with Crippen molar-refractivity contribution < 1.29 is 9.59 Å². The van der Waals surface area contributed by atoms with E-state index >= 15 is 0 Å². The highest BCUT2D eigenvalue weighted by Gasteiger charge is 2.12. The molecule has 0 spiro atoms. The van der Waals surface area contributed by atoms with E-state index in [4.69, 9.17) is 0 Å². The van der Waals surface area contributed by atoms with Crippen LogP contribution in [0, 0.1) is 0 Å². The molecule has 128 valence electrons. The van der Waals surface area contributed by atoms with Crippen molar-refractivity contribution >= 4 is 28.4 Å². The van der Waals surface area contributed by atoms with E-state index in [9.17, 15) is 9.59 Å². The van der Waals surface area contributed by atoms with Crippen molar-refractivity contribution in [3.8, 4) is 0 Å². The Balaban J connectivity index is 1.56. The maximum absolute atomic E-state index is 12.2. The average Bonchev–Trinajstić information content (AvgIpc) is 3.02. The molecule has 2 aromatic carbocycles. The zero-order valence-corrected chi connectivity index (χ0v) is 14.2. The average molecular weight is 335 g/mol. The Morgan fingerprint density at radius 2 is 1.76 bits per heavy atom. The highest BCUT2D eigenvalue weighted by Crippen LogP contribution is 2.18. The number of nitrogens with one attached hydrogen (secondary N) is 2. The zero-order chi connectivity index (χ0) is 17.6. The molecule has 0 aliphatic carbocycles. The maximum Gasteiger partial charge on any atom is 0.224 e. The number of para-hydroxylation sites is 2. The van der Waals surface area contributed by atoms with Crippen LogP contribution in [0.1, 0.15) is 12.5 Å². The Morgan fingerprint density at radius 3 is 2.52 bits per heavy atom. The number of hydrogen-bond acceptors (Lipinski definition) is 2. The fourth-order valence-corrected chi connectivity index (χ4v) is 2.90. The SMILES string of the molecule is CC(=O)N(CCNC(=O)Cc1c[nH]c2ccccc12)c1ccccc1. The summed E-state index contributed by atoms with van der Waals surface area (Å²) in [6.07, 6.45) is 2.19. The number of aromatic amines is 1. The number of nitrogens with zero attached hydrogens (tertiary/aromatic N) is 1. The minimum atomic E-state index is -0.0543. The second-order valence-electron chi connectivity index (χ2n) is 5.89. The van der Waals surface area contributed by atoms with E-state index in [1.165, 1.54) is 6.92 Å². The largest absolute Gasteiger partial charge is 0.361 e. The summed E-state index contributed by atoms with van der Waals surface area (Å²) >= 11 is 0. The predicted octanol–water partition coefficient (Wildman–Crippen LogP) is 2.88. The molecular weight excluding hydrogens is 314 g/mol. The van der Waals surface area contributed by atoms with Gasteiger partial charge in [-0.3, -0.25) is 9.59 Å². The Labute approximate surface area is 146 Å². The zero-order valence-electron chi connectivity index (χ0n) is 14.2. The molecule has 0 atom stereocenters. The molecule has 0 unspecified atom stereocenters. The Morgan fingerprint density at radius 1 is 1.04 bits per heavy atom. The minimum absolute atomic E-state index is 0.0444. The highest BCUT2D eigenvalue weighted by atomic mass is 16.2. The molecule has 5 heteroatoms. The van der Waals surface area contributed by atoms with E-state index in [-0.39, 0.29) is 11.8 Å². The van der Waals surface area contributed by atoms with Gasteiger partial charge in [0.1, 0.15) is 0 Å². The molecule has 0 bridgehead atoms. The Hall–Kier alpha value is -3.08. The van der Waals surface area contributed by atoms with Crippen LogP contribution in [0.2, 0.25) is 0 Å². The maximum atomic E-state index is 12.2. The van der Waals surface area contributed by atoms with Crippen LogP contribution in [-0.4, -0.2) is 29.9 Å². The summed E-state index contributed by atoms with van der Waals surface area (Å²) in [4.78, 5) is 28.9. The van der Waals surface area contributed by atoms with Gasteiger partial charge in [0.05, 0.1) is 6.42 Å². The summed E-state index contributed by atoms with van der Waals surface area (Å²) in [6, 6.07) is 17.4. The van der Waals surface area contributed by atoms with Crippen molar-refractivity contribution in [3.63, 3.8) is 0 Å². The number of fused-ring (bicyclic) bond motifs is 1. The summed E-state index contributed by atoms with van der Waals surface area (Å²) in [7, 11) is 0. The quantitative estimate of drug-likeness (QED) is 0.727. The van der Waals surface area contributed by atoms with Crippen LogP contribution in [0.25, 0.3) is 10.9 Å². The van der Waals surface area contributed by atoms with E-state index in [1.807, 2.05) is 60.8 Å². The summed E-state index contributed by atoms with van der Waals surface area (Å²) in [5.74, 6) is -0.0987. The minimum Gasteiger partial charge on any atom is -0.361 e. The third kappa shape index (κ3) is 4.07. The predicted molar refractivity (Wildman–Crippen MR) is 99.5 cm³/mol. The van der Waals surface area contributed by atoms with Gasteiger partial charge in [-0.2, -0.15) is 0 Å². The molecule has 2 N–H and O–H groups in total. The van der Waals surface area contributed by atoms with Gasteiger partial charge >= 0.3 is 0 Å². The van der Waals surface area contributed by atoms with Crippen molar-refractivity contribution in [1.82, 2.24) is 10.3 Å². The summed E-state index contributed by atoms with van der Waals surface area (Å²) in [5.41, 5.74) is 2.83. The fourth-order valence-electron chi connectivity index (χ4n) is 2.90. The molecular formula is C20H21N3O2. The molecule has 0 radical (unpaired) electrons. The van der Waals surface area contributed by atoms with Crippen LogP contribution in [-0.2, 0) is 16.0 Å². The second-order valence-corrected chi connectivity index (χ2v) is 5.89. The lowest BCUT2D eigenvalue weighted by molar-refractivity contribution is -0.121.